The molecule has 2 heterocycles. The Morgan fingerprint density at radius 2 is 2.35 bits per heavy atom. The van der Waals surface area contributed by atoms with Gasteiger partial charge >= 0.3 is 0 Å². The zero-order chi connectivity index (χ0) is 11.8. The molecule has 90 valence electrons. The molecule has 1 aliphatic rings. The van der Waals surface area contributed by atoms with E-state index >= 15 is 0 Å². The second kappa shape index (κ2) is 4.11. The summed E-state index contributed by atoms with van der Waals surface area (Å²) in [6.07, 6.45) is 4.26. The molecule has 0 amide bonds. The third kappa shape index (κ3) is 1.93. The lowest BCUT2D eigenvalue weighted by molar-refractivity contribution is 0.277. The van der Waals surface area contributed by atoms with Crippen LogP contribution in [0.1, 0.15) is 12.8 Å². The maximum atomic E-state index is 13.2. The van der Waals surface area contributed by atoms with Gasteiger partial charge in [0.05, 0.1) is 18.3 Å². The van der Waals surface area contributed by atoms with Crippen LogP contribution in [0.25, 0.3) is 10.9 Å². The lowest BCUT2D eigenvalue weighted by atomic mass is 10.2. The van der Waals surface area contributed by atoms with Crippen LogP contribution in [0.5, 0.6) is 0 Å². The van der Waals surface area contributed by atoms with Gasteiger partial charge in [-0.3, -0.25) is 4.68 Å². The van der Waals surface area contributed by atoms with Crippen LogP contribution >= 0.6 is 0 Å². The number of halogens is 1. The Morgan fingerprint density at radius 1 is 1.47 bits per heavy atom. The topological polar surface area (TPSA) is 21.1 Å². The number of fused-ring (bicyclic) bond motifs is 1. The summed E-state index contributed by atoms with van der Waals surface area (Å²) in [6, 6.07) is 5.36. The molecule has 0 aliphatic carbocycles. The molecule has 0 saturated carbocycles. The Bertz CT molecular complexity index is 534. The number of hydrogen-bond acceptors (Lipinski definition) is 2. The molecule has 17 heavy (non-hydrogen) atoms. The Labute approximate surface area is 99.8 Å². The standard InChI is InChI=1S/C13H16FN3/c1-16-6-2-3-12(16)9-17-13-7-11(14)5-4-10(13)8-15-17/h4-5,7-8,12H,2-3,6,9H2,1H3. The summed E-state index contributed by atoms with van der Waals surface area (Å²) in [5, 5.41) is 5.36. The molecule has 3 rings (SSSR count). The number of rotatable bonds is 2. The van der Waals surface area contributed by atoms with E-state index in [0.717, 1.165) is 24.0 Å². The van der Waals surface area contributed by atoms with Crippen LogP contribution in [0.15, 0.2) is 24.4 Å². The van der Waals surface area contributed by atoms with Crippen LogP contribution in [0, 0.1) is 5.82 Å². The highest BCUT2D eigenvalue weighted by molar-refractivity contribution is 5.78. The second-order valence-corrected chi connectivity index (χ2v) is 4.81. The second-order valence-electron chi connectivity index (χ2n) is 4.81. The van der Waals surface area contributed by atoms with E-state index in [1.807, 2.05) is 10.9 Å². The van der Waals surface area contributed by atoms with Crippen molar-refractivity contribution in [2.45, 2.75) is 25.4 Å². The van der Waals surface area contributed by atoms with Gasteiger partial charge in [-0.15, -0.1) is 0 Å². The lowest BCUT2D eigenvalue weighted by Gasteiger charge is -2.19. The Morgan fingerprint density at radius 3 is 3.12 bits per heavy atom. The fourth-order valence-corrected chi connectivity index (χ4v) is 2.60. The number of likely N-dealkylation sites (N-methyl/N-ethyl adjacent to an activating group) is 1. The van der Waals surface area contributed by atoms with E-state index in [9.17, 15) is 4.39 Å². The van der Waals surface area contributed by atoms with Gasteiger partial charge in [-0.1, -0.05) is 0 Å². The van der Waals surface area contributed by atoms with E-state index in [2.05, 4.69) is 17.0 Å². The quantitative estimate of drug-likeness (QED) is 0.793. The predicted octanol–water partition coefficient (Wildman–Crippen LogP) is 2.27. The highest BCUT2D eigenvalue weighted by Crippen LogP contribution is 2.20. The molecular formula is C13H16FN3. The van der Waals surface area contributed by atoms with E-state index in [4.69, 9.17) is 0 Å². The van der Waals surface area contributed by atoms with Gasteiger partial charge in [-0.05, 0) is 44.6 Å². The molecule has 4 heteroatoms. The van der Waals surface area contributed by atoms with Crippen LogP contribution in [-0.4, -0.2) is 34.3 Å². The molecule has 1 unspecified atom stereocenters. The molecule has 1 atom stereocenters. The van der Waals surface area contributed by atoms with Crippen LogP contribution in [0.2, 0.25) is 0 Å². The van der Waals surface area contributed by atoms with E-state index in [0.29, 0.717) is 6.04 Å². The fraction of sp³-hybridized carbons (Fsp3) is 0.462. The van der Waals surface area contributed by atoms with Crippen LogP contribution in [0.4, 0.5) is 4.39 Å². The zero-order valence-electron chi connectivity index (χ0n) is 9.93. The average molecular weight is 233 g/mol. The number of aromatic nitrogens is 2. The van der Waals surface area contributed by atoms with Crippen molar-refractivity contribution >= 4 is 10.9 Å². The van der Waals surface area contributed by atoms with Crippen molar-refractivity contribution in [3.63, 3.8) is 0 Å². The highest BCUT2D eigenvalue weighted by Gasteiger charge is 2.21. The van der Waals surface area contributed by atoms with E-state index in [1.54, 1.807) is 12.1 Å². The normalized spacial score (nSPS) is 21.4. The molecule has 1 aromatic heterocycles. The van der Waals surface area contributed by atoms with Crippen molar-refractivity contribution < 1.29 is 4.39 Å². The smallest absolute Gasteiger partial charge is 0.125 e. The number of nitrogens with zero attached hydrogens (tertiary/aromatic N) is 3. The monoisotopic (exact) mass is 233 g/mol. The zero-order valence-corrected chi connectivity index (χ0v) is 9.93. The van der Waals surface area contributed by atoms with Gasteiger partial charge in [-0.25, -0.2) is 4.39 Å². The minimum atomic E-state index is -0.195. The predicted molar refractivity (Wildman–Crippen MR) is 65.3 cm³/mol. The number of benzene rings is 1. The molecule has 1 aliphatic heterocycles. The van der Waals surface area contributed by atoms with Crippen LogP contribution in [0.3, 0.4) is 0 Å². The third-order valence-corrected chi connectivity index (χ3v) is 3.66. The Kier molecular flexibility index (Phi) is 2.59. The van der Waals surface area contributed by atoms with Gasteiger partial charge in [0.1, 0.15) is 5.82 Å². The maximum absolute atomic E-state index is 13.2. The summed E-state index contributed by atoms with van der Waals surface area (Å²) in [5.41, 5.74) is 0.894. The summed E-state index contributed by atoms with van der Waals surface area (Å²) < 4.78 is 15.2. The van der Waals surface area contributed by atoms with Crippen LogP contribution in [-0.2, 0) is 6.54 Å². The van der Waals surface area contributed by atoms with Crippen molar-refractivity contribution in [3.8, 4) is 0 Å². The largest absolute Gasteiger partial charge is 0.302 e. The highest BCUT2D eigenvalue weighted by atomic mass is 19.1. The molecule has 0 bridgehead atoms. The molecular weight excluding hydrogens is 217 g/mol. The van der Waals surface area contributed by atoms with Crippen molar-refractivity contribution in [1.82, 2.24) is 14.7 Å². The van der Waals surface area contributed by atoms with Gasteiger partial charge in [0, 0.05) is 11.4 Å². The molecule has 0 N–H and O–H groups in total. The minimum absolute atomic E-state index is 0.195. The van der Waals surface area contributed by atoms with Gasteiger partial charge < -0.3 is 4.90 Å². The first kappa shape index (κ1) is 10.7. The van der Waals surface area contributed by atoms with Gasteiger partial charge in [-0.2, -0.15) is 5.10 Å². The van der Waals surface area contributed by atoms with E-state index in [-0.39, 0.29) is 5.82 Å². The van der Waals surface area contributed by atoms with Crippen molar-refractivity contribution in [2.75, 3.05) is 13.6 Å². The summed E-state index contributed by atoms with van der Waals surface area (Å²) >= 11 is 0. The van der Waals surface area contributed by atoms with Crippen LogP contribution < -0.4 is 0 Å². The Balaban J connectivity index is 1.92. The van der Waals surface area contributed by atoms with Gasteiger partial charge in [0.15, 0.2) is 0 Å². The fourth-order valence-electron chi connectivity index (χ4n) is 2.60. The first-order chi connectivity index (χ1) is 8.24. The molecule has 2 aromatic rings. The Hall–Kier alpha value is -1.42. The minimum Gasteiger partial charge on any atom is -0.302 e. The average Bonchev–Trinajstić information content (AvgIpc) is 2.88. The summed E-state index contributed by atoms with van der Waals surface area (Å²) in [7, 11) is 2.14. The number of hydrogen-bond donors (Lipinski definition) is 0. The SMILES string of the molecule is CN1CCCC1Cn1ncc2ccc(F)cc21. The maximum Gasteiger partial charge on any atom is 0.125 e. The summed E-state index contributed by atoms with van der Waals surface area (Å²) in [4.78, 5) is 2.35. The molecule has 0 radical (unpaired) electrons. The molecule has 1 aromatic carbocycles. The lowest BCUT2D eigenvalue weighted by Crippen LogP contribution is -2.29. The van der Waals surface area contributed by atoms with E-state index < -0.39 is 0 Å². The van der Waals surface area contributed by atoms with E-state index in [1.165, 1.54) is 18.9 Å². The van der Waals surface area contributed by atoms with Gasteiger partial charge in [0.2, 0.25) is 0 Å². The van der Waals surface area contributed by atoms with Crippen molar-refractivity contribution in [2.24, 2.45) is 0 Å². The van der Waals surface area contributed by atoms with Crippen molar-refractivity contribution in [1.29, 1.82) is 0 Å². The molecule has 1 saturated heterocycles. The van der Waals surface area contributed by atoms with Crippen molar-refractivity contribution in [3.05, 3.63) is 30.2 Å². The first-order valence-corrected chi connectivity index (χ1v) is 6.05. The third-order valence-electron chi connectivity index (χ3n) is 3.66. The number of likely N-dealkylation sites (tertiary alicyclic amines) is 1. The molecule has 0 spiro atoms. The molecule has 1 fully saturated rings. The summed E-state index contributed by atoms with van der Waals surface area (Å²) in [6.45, 7) is 2.00. The molecule has 3 nitrogen and oxygen atoms in total. The summed E-state index contributed by atoms with van der Waals surface area (Å²) in [5.74, 6) is -0.195. The van der Waals surface area contributed by atoms with Gasteiger partial charge in [0.25, 0.3) is 0 Å². The first-order valence-electron chi connectivity index (χ1n) is 6.05.